The zero-order valence-electron chi connectivity index (χ0n) is 22.9. The Balaban J connectivity index is 1.86. The zero-order valence-corrected chi connectivity index (χ0v) is 24.4. The molecule has 7 nitrogen and oxygen atoms in total. The van der Waals surface area contributed by atoms with E-state index in [1.807, 2.05) is 68.4 Å². The molecule has 0 aliphatic heterocycles. The fourth-order valence-electron chi connectivity index (χ4n) is 4.50. The summed E-state index contributed by atoms with van der Waals surface area (Å²) >= 11 is 6.06. The lowest BCUT2D eigenvalue weighted by Crippen LogP contribution is -2.49. The predicted molar refractivity (Wildman–Crippen MR) is 157 cm³/mol. The second-order valence-electron chi connectivity index (χ2n) is 9.63. The summed E-state index contributed by atoms with van der Waals surface area (Å²) in [6.45, 7) is 4.18. The van der Waals surface area contributed by atoms with Crippen molar-refractivity contribution in [3.05, 3.63) is 100 Å². The molecular formula is C30H36ClN3O4S. The van der Waals surface area contributed by atoms with Crippen molar-refractivity contribution in [3.8, 4) is 0 Å². The van der Waals surface area contributed by atoms with Gasteiger partial charge in [-0.05, 0) is 60.7 Å². The minimum absolute atomic E-state index is 0.0761. The van der Waals surface area contributed by atoms with Gasteiger partial charge < -0.3 is 10.2 Å². The van der Waals surface area contributed by atoms with Crippen LogP contribution in [0.2, 0.25) is 5.02 Å². The van der Waals surface area contributed by atoms with E-state index >= 15 is 0 Å². The third-order valence-corrected chi connectivity index (χ3v) is 8.21. The molecule has 0 radical (unpaired) electrons. The molecule has 39 heavy (non-hydrogen) atoms. The van der Waals surface area contributed by atoms with E-state index in [1.54, 1.807) is 30.1 Å². The molecule has 1 N–H and O–H groups in total. The van der Waals surface area contributed by atoms with Gasteiger partial charge in [-0.3, -0.25) is 13.9 Å². The van der Waals surface area contributed by atoms with Crippen LogP contribution < -0.4 is 9.62 Å². The van der Waals surface area contributed by atoms with Crippen molar-refractivity contribution in [2.45, 2.75) is 45.7 Å². The number of halogens is 1. The van der Waals surface area contributed by atoms with Gasteiger partial charge in [0.1, 0.15) is 6.04 Å². The summed E-state index contributed by atoms with van der Waals surface area (Å²) in [6.07, 6.45) is 1.89. The highest BCUT2D eigenvalue weighted by atomic mass is 35.5. The number of hydrogen-bond acceptors (Lipinski definition) is 4. The standard InChI is InChI=1S/C30H36ClN3O4S/c1-22-10-8-13-27(23(22)2)34(39(4,37)38)19-9-14-29(35)33(21-25-15-17-26(31)18-16-25)28(30(36)32-3)20-24-11-6-5-7-12-24/h5-8,10-13,15-18,28H,9,14,19-21H2,1-4H3,(H,32,36). The number of carbonyl (C=O) groups is 2. The predicted octanol–water partition coefficient (Wildman–Crippen LogP) is 4.89. The number of sulfonamides is 1. The third kappa shape index (κ3) is 8.31. The molecule has 0 aliphatic rings. The fraction of sp³-hybridized carbons (Fsp3) is 0.333. The van der Waals surface area contributed by atoms with Gasteiger partial charge in [0.15, 0.2) is 0 Å². The number of nitrogens with one attached hydrogen (secondary N) is 1. The monoisotopic (exact) mass is 569 g/mol. The lowest BCUT2D eigenvalue weighted by atomic mass is 10.0. The first-order valence-electron chi connectivity index (χ1n) is 12.8. The number of benzene rings is 3. The highest BCUT2D eigenvalue weighted by Gasteiger charge is 2.30. The second-order valence-corrected chi connectivity index (χ2v) is 12.0. The first-order valence-corrected chi connectivity index (χ1v) is 15.1. The van der Waals surface area contributed by atoms with Gasteiger partial charge in [0.2, 0.25) is 21.8 Å². The first-order chi connectivity index (χ1) is 18.5. The number of likely N-dealkylation sites (N-methyl/N-ethyl adjacent to an activating group) is 1. The summed E-state index contributed by atoms with van der Waals surface area (Å²) in [6, 6.07) is 21.5. The topological polar surface area (TPSA) is 86.8 Å². The molecule has 2 amide bonds. The molecule has 208 valence electrons. The average Bonchev–Trinajstić information content (AvgIpc) is 2.91. The van der Waals surface area contributed by atoms with Gasteiger partial charge >= 0.3 is 0 Å². The Morgan fingerprint density at radius 1 is 0.923 bits per heavy atom. The van der Waals surface area contributed by atoms with Crippen LogP contribution in [-0.2, 0) is 32.6 Å². The maximum atomic E-state index is 13.7. The van der Waals surface area contributed by atoms with E-state index in [2.05, 4.69) is 5.32 Å². The quantitative estimate of drug-likeness (QED) is 0.336. The second kappa shape index (κ2) is 13.6. The third-order valence-electron chi connectivity index (χ3n) is 6.78. The van der Waals surface area contributed by atoms with Crippen LogP contribution >= 0.6 is 11.6 Å². The number of rotatable bonds is 12. The summed E-state index contributed by atoms with van der Waals surface area (Å²) in [5, 5.41) is 3.28. The molecule has 0 bridgehead atoms. The summed E-state index contributed by atoms with van der Waals surface area (Å²) in [4.78, 5) is 28.3. The minimum atomic E-state index is -3.57. The number of amides is 2. The van der Waals surface area contributed by atoms with Gasteiger partial charge in [-0.15, -0.1) is 0 Å². The molecule has 0 spiro atoms. The van der Waals surface area contributed by atoms with Crippen molar-refractivity contribution in [1.82, 2.24) is 10.2 Å². The van der Waals surface area contributed by atoms with Crippen molar-refractivity contribution in [1.29, 1.82) is 0 Å². The Hall–Kier alpha value is -3.36. The van der Waals surface area contributed by atoms with E-state index in [0.29, 0.717) is 23.6 Å². The molecule has 1 atom stereocenters. The molecule has 0 saturated heterocycles. The Bertz CT molecular complexity index is 1380. The Morgan fingerprint density at radius 3 is 2.21 bits per heavy atom. The van der Waals surface area contributed by atoms with Crippen LogP contribution in [0.1, 0.15) is 35.1 Å². The lowest BCUT2D eigenvalue weighted by Gasteiger charge is -2.32. The van der Waals surface area contributed by atoms with Gasteiger partial charge in [0.25, 0.3) is 0 Å². The van der Waals surface area contributed by atoms with Crippen LogP contribution in [0.15, 0.2) is 72.8 Å². The van der Waals surface area contributed by atoms with Crippen LogP contribution in [0.3, 0.4) is 0 Å². The van der Waals surface area contributed by atoms with Gasteiger partial charge in [-0.2, -0.15) is 0 Å². The van der Waals surface area contributed by atoms with Crippen LogP contribution in [0.25, 0.3) is 0 Å². The number of aryl methyl sites for hydroxylation is 1. The normalized spacial score (nSPS) is 12.0. The molecule has 3 rings (SSSR count). The SMILES string of the molecule is CNC(=O)C(Cc1ccccc1)N(Cc1ccc(Cl)cc1)C(=O)CCCN(c1cccc(C)c1C)S(C)(=O)=O. The summed E-state index contributed by atoms with van der Waals surface area (Å²) in [5.74, 6) is -0.502. The van der Waals surface area contributed by atoms with Crippen LogP contribution in [0.5, 0.6) is 0 Å². The molecular weight excluding hydrogens is 534 g/mol. The molecule has 0 heterocycles. The molecule has 0 aromatic heterocycles. The van der Waals surface area contributed by atoms with E-state index in [0.717, 1.165) is 22.3 Å². The summed E-state index contributed by atoms with van der Waals surface area (Å²) < 4.78 is 26.7. The summed E-state index contributed by atoms with van der Waals surface area (Å²) in [5.41, 5.74) is 4.23. The molecule has 0 aliphatic carbocycles. The maximum Gasteiger partial charge on any atom is 0.242 e. The fourth-order valence-corrected chi connectivity index (χ4v) is 5.64. The number of nitrogens with zero attached hydrogens (tertiary/aromatic N) is 2. The zero-order chi connectivity index (χ0) is 28.6. The minimum Gasteiger partial charge on any atom is -0.357 e. The Morgan fingerprint density at radius 2 is 1.59 bits per heavy atom. The van der Waals surface area contributed by atoms with Crippen LogP contribution in [0.4, 0.5) is 5.69 Å². The summed E-state index contributed by atoms with van der Waals surface area (Å²) in [7, 11) is -2.02. The largest absolute Gasteiger partial charge is 0.357 e. The van der Waals surface area contributed by atoms with Crippen LogP contribution in [-0.4, -0.2) is 51.0 Å². The van der Waals surface area contributed by atoms with Gasteiger partial charge in [0, 0.05) is 38.0 Å². The highest BCUT2D eigenvalue weighted by Crippen LogP contribution is 2.26. The Kier molecular flexibility index (Phi) is 10.5. The molecule has 3 aromatic rings. The van der Waals surface area contributed by atoms with E-state index in [4.69, 9.17) is 11.6 Å². The van der Waals surface area contributed by atoms with Crippen molar-refractivity contribution in [2.24, 2.45) is 0 Å². The van der Waals surface area contributed by atoms with Crippen LogP contribution in [0, 0.1) is 13.8 Å². The van der Waals surface area contributed by atoms with E-state index in [-0.39, 0.29) is 31.3 Å². The molecule has 3 aromatic carbocycles. The van der Waals surface area contributed by atoms with E-state index in [1.165, 1.54) is 10.6 Å². The van der Waals surface area contributed by atoms with Gasteiger partial charge in [-0.25, -0.2) is 8.42 Å². The van der Waals surface area contributed by atoms with Crippen molar-refractivity contribution < 1.29 is 18.0 Å². The highest BCUT2D eigenvalue weighted by molar-refractivity contribution is 7.92. The molecule has 9 heteroatoms. The lowest BCUT2D eigenvalue weighted by molar-refractivity contribution is -0.141. The maximum absolute atomic E-state index is 13.7. The van der Waals surface area contributed by atoms with Gasteiger partial charge in [-0.1, -0.05) is 66.2 Å². The van der Waals surface area contributed by atoms with Crippen molar-refractivity contribution in [3.63, 3.8) is 0 Å². The average molecular weight is 570 g/mol. The first kappa shape index (κ1) is 30.2. The van der Waals surface area contributed by atoms with Crippen molar-refractivity contribution in [2.75, 3.05) is 24.2 Å². The number of anilines is 1. The van der Waals surface area contributed by atoms with E-state index in [9.17, 15) is 18.0 Å². The number of hydrogen-bond donors (Lipinski definition) is 1. The molecule has 0 fully saturated rings. The molecule has 0 saturated carbocycles. The van der Waals surface area contributed by atoms with Crippen molar-refractivity contribution >= 4 is 39.1 Å². The molecule has 1 unspecified atom stereocenters. The van der Waals surface area contributed by atoms with E-state index < -0.39 is 16.1 Å². The Labute approximate surface area is 236 Å². The smallest absolute Gasteiger partial charge is 0.242 e. The number of carbonyl (C=O) groups excluding carboxylic acids is 2. The van der Waals surface area contributed by atoms with Gasteiger partial charge in [0.05, 0.1) is 11.9 Å².